The Bertz CT molecular complexity index is 551. The van der Waals surface area contributed by atoms with Gasteiger partial charge in [-0.3, -0.25) is 9.78 Å². The number of aryl methyl sites for hydroxylation is 2. The largest absolute Gasteiger partial charge is 0.481 e. The van der Waals surface area contributed by atoms with E-state index in [4.69, 9.17) is 9.52 Å². The normalized spacial score (nSPS) is 10.5. The van der Waals surface area contributed by atoms with Crippen molar-refractivity contribution in [2.24, 2.45) is 0 Å². The van der Waals surface area contributed by atoms with E-state index in [0.717, 1.165) is 11.3 Å². The second kappa shape index (κ2) is 5.39. The van der Waals surface area contributed by atoms with Gasteiger partial charge in [0.2, 0.25) is 11.8 Å². The van der Waals surface area contributed by atoms with Crippen LogP contribution in [0.15, 0.2) is 22.7 Å². The molecule has 2 aromatic heterocycles. The lowest BCUT2D eigenvalue weighted by atomic mass is 10.2. The van der Waals surface area contributed by atoms with Gasteiger partial charge in [0.1, 0.15) is 0 Å². The van der Waals surface area contributed by atoms with Crippen LogP contribution < -0.4 is 0 Å². The van der Waals surface area contributed by atoms with Crippen molar-refractivity contribution >= 4 is 5.97 Å². The van der Waals surface area contributed by atoms with Gasteiger partial charge in [-0.05, 0) is 25.5 Å². The second-order valence-electron chi connectivity index (χ2n) is 3.88. The van der Waals surface area contributed by atoms with Crippen LogP contribution in [0.2, 0.25) is 0 Å². The van der Waals surface area contributed by atoms with Crippen LogP contribution in [0.4, 0.5) is 0 Å². The molecular weight excluding hydrogens is 234 g/mol. The first kappa shape index (κ1) is 12.2. The maximum Gasteiger partial charge on any atom is 0.303 e. The molecule has 0 unspecified atom stereocenters. The summed E-state index contributed by atoms with van der Waals surface area (Å²) in [5.41, 5.74) is 1.62. The summed E-state index contributed by atoms with van der Waals surface area (Å²) < 4.78 is 5.48. The number of carboxylic acids is 1. The fraction of sp³-hybridized carbons (Fsp3) is 0.333. The summed E-state index contributed by atoms with van der Waals surface area (Å²) in [7, 11) is 0. The van der Waals surface area contributed by atoms with Crippen molar-refractivity contribution in [2.75, 3.05) is 0 Å². The highest BCUT2D eigenvalue weighted by atomic mass is 16.4. The molecule has 1 N–H and O–H groups in total. The van der Waals surface area contributed by atoms with Gasteiger partial charge in [0.25, 0.3) is 0 Å². The SMILES string of the molecule is Cc1ncccc1-c1nnc(CCCC(=O)O)o1. The highest BCUT2D eigenvalue weighted by Crippen LogP contribution is 2.20. The Morgan fingerprint density at radius 1 is 1.44 bits per heavy atom. The Balaban J connectivity index is 2.06. The zero-order valence-corrected chi connectivity index (χ0v) is 9.96. The number of aromatic nitrogens is 3. The molecular formula is C12H13N3O3. The number of hydrogen-bond acceptors (Lipinski definition) is 5. The predicted octanol–water partition coefficient (Wildman–Crippen LogP) is 1.85. The summed E-state index contributed by atoms with van der Waals surface area (Å²) in [6.07, 6.45) is 2.76. The van der Waals surface area contributed by atoms with E-state index in [2.05, 4.69) is 15.2 Å². The van der Waals surface area contributed by atoms with E-state index in [0.29, 0.717) is 24.6 Å². The van der Waals surface area contributed by atoms with Crippen molar-refractivity contribution in [2.45, 2.75) is 26.2 Å². The first-order chi connectivity index (χ1) is 8.66. The van der Waals surface area contributed by atoms with Gasteiger partial charge < -0.3 is 9.52 Å². The highest BCUT2D eigenvalue weighted by molar-refractivity contribution is 5.66. The molecule has 6 nitrogen and oxygen atoms in total. The Labute approximate surface area is 104 Å². The minimum Gasteiger partial charge on any atom is -0.481 e. The summed E-state index contributed by atoms with van der Waals surface area (Å²) in [6.45, 7) is 1.86. The highest BCUT2D eigenvalue weighted by Gasteiger charge is 2.11. The van der Waals surface area contributed by atoms with Crippen molar-refractivity contribution in [3.05, 3.63) is 29.9 Å². The minimum atomic E-state index is -0.821. The van der Waals surface area contributed by atoms with Crippen LogP contribution in [-0.4, -0.2) is 26.3 Å². The van der Waals surface area contributed by atoms with Crippen molar-refractivity contribution in [3.8, 4) is 11.5 Å². The van der Waals surface area contributed by atoms with Crippen LogP contribution in [0.25, 0.3) is 11.5 Å². The minimum absolute atomic E-state index is 0.101. The van der Waals surface area contributed by atoms with Gasteiger partial charge in [-0.15, -0.1) is 10.2 Å². The summed E-state index contributed by atoms with van der Waals surface area (Å²) in [4.78, 5) is 14.5. The smallest absolute Gasteiger partial charge is 0.303 e. The van der Waals surface area contributed by atoms with E-state index in [1.54, 1.807) is 12.3 Å². The van der Waals surface area contributed by atoms with Crippen LogP contribution in [0.3, 0.4) is 0 Å². The van der Waals surface area contributed by atoms with E-state index in [-0.39, 0.29) is 6.42 Å². The van der Waals surface area contributed by atoms with Crippen LogP contribution in [0, 0.1) is 6.92 Å². The van der Waals surface area contributed by atoms with E-state index in [9.17, 15) is 4.79 Å². The lowest BCUT2D eigenvalue weighted by Gasteiger charge is -1.97. The average Bonchev–Trinajstić information content (AvgIpc) is 2.78. The zero-order valence-electron chi connectivity index (χ0n) is 9.96. The molecule has 0 aromatic carbocycles. The van der Waals surface area contributed by atoms with Gasteiger partial charge in [-0.2, -0.15) is 0 Å². The van der Waals surface area contributed by atoms with Gasteiger partial charge in [0.05, 0.1) is 5.56 Å². The molecule has 0 bridgehead atoms. The van der Waals surface area contributed by atoms with Crippen LogP contribution in [-0.2, 0) is 11.2 Å². The first-order valence-corrected chi connectivity index (χ1v) is 5.63. The topological polar surface area (TPSA) is 89.1 Å². The number of pyridine rings is 1. The Kier molecular flexibility index (Phi) is 3.66. The van der Waals surface area contributed by atoms with Gasteiger partial charge in [0.15, 0.2) is 0 Å². The molecule has 18 heavy (non-hydrogen) atoms. The number of carboxylic acid groups (broad SMARTS) is 1. The molecule has 0 atom stereocenters. The fourth-order valence-corrected chi connectivity index (χ4v) is 1.56. The first-order valence-electron chi connectivity index (χ1n) is 5.63. The van der Waals surface area contributed by atoms with Gasteiger partial charge in [0, 0.05) is 24.7 Å². The predicted molar refractivity (Wildman–Crippen MR) is 62.8 cm³/mol. The number of aliphatic carboxylic acids is 1. The van der Waals surface area contributed by atoms with Crippen LogP contribution in [0.5, 0.6) is 0 Å². The van der Waals surface area contributed by atoms with Gasteiger partial charge in [-0.1, -0.05) is 0 Å². The number of nitrogens with zero attached hydrogens (tertiary/aromatic N) is 3. The van der Waals surface area contributed by atoms with Crippen LogP contribution >= 0.6 is 0 Å². The molecule has 94 valence electrons. The summed E-state index contributed by atoms with van der Waals surface area (Å²) in [5, 5.41) is 16.4. The van der Waals surface area contributed by atoms with Gasteiger partial charge in [-0.25, -0.2) is 0 Å². The molecule has 0 fully saturated rings. The fourth-order valence-electron chi connectivity index (χ4n) is 1.56. The third kappa shape index (κ3) is 2.91. The maximum atomic E-state index is 10.4. The number of hydrogen-bond donors (Lipinski definition) is 1. The lowest BCUT2D eigenvalue weighted by Crippen LogP contribution is -1.95. The molecule has 0 spiro atoms. The monoisotopic (exact) mass is 247 g/mol. The summed E-state index contributed by atoms with van der Waals surface area (Å²) >= 11 is 0. The molecule has 2 rings (SSSR count). The molecule has 0 aliphatic carbocycles. The molecule has 2 aromatic rings. The molecule has 0 saturated heterocycles. The van der Waals surface area contributed by atoms with E-state index >= 15 is 0 Å². The molecule has 2 heterocycles. The summed E-state index contributed by atoms with van der Waals surface area (Å²) in [5.74, 6) is 0.0540. The molecule has 0 saturated carbocycles. The Morgan fingerprint density at radius 3 is 3.00 bits per heavy atom. The molecule has 0 aliphatic heterocycles. The quantitative estimate of drug-likeness (QED) is 0.867. The lowest BCUT2D eigenvalue weighted by molar-refractivity contribution is -0.137. The Hall–Kier alpha value is -2.24. The maximum absolute atomic E-state index is 10.4. The summed E-state index contributed by atoms with van der Waals surface area (Å²) in [6, 6.07) is 3.66. The zero-order chi connectivity index (χ0) is 13.0. The van der Waals surface area contributed by atoms with Crippen molar-refractivity contribution in [1.29, 1.82) is 0 Å². The van der Waals surface area contributed by atoms with Crippen LogP contribution in [0.1, 0.15) is 24.4 Å². The molecule has 0 aliphatic rings. The number of rotatable bonds is 5. The van der Waals surface area contributed by atoms with E-state index < -0.39 is 5.97 Å². The average molecular weight is 247 g/mol. The molecule has 0 radical (unpaired) electrons. The molecule has 6 heteroatoms. The van der Waals surface area contributed by atoms with Crippen molar-refractivity contribution in [3.63, 3.8) is 0 Å². The third-order valence-electron chi connectivity index (χ3n) is 2.49. The third-order valence-corrected chi connectivity index (χ3v) is 2.49. The van der Waals surface area contributed by atoms with Gasteiger partial charge >= 0.3 is 5.97 Å². The van der Waals surface area contributed by atoms with Crippen molar-refractivity contribution in [1.82, 2.24) is 15.2 Å². The second-order valence-corrected chi connectivity index (χ2v) is 3.88. The Morgan fingerprint density at radius 2 is 2.28 bits per heavy atom. The standard InChI is InChI=1S/C12H13N3O3/c1-8-9(4-3-7-13-8)12-15-14-10(18-12)5-2-6-11(16)17/h3-4,7H,2,5-6H2,1H3,(H,16,17). The molecule has 0 amide bonds. The van der Waals surface area contributed by atoms with Crippen molar-refractivity contribution < 1.29 is 14.3 Å². The van der Waals surface area contributed by atoms with E-state index in [1.165, 1.54) is 0 Å². The number of carbonyl (C=O) groups is 1. The van der Waals surface area contributed by atoms with E-state index in [1.807, 2.05) is 13.0 Å².